The van der Waals surface area contributed by atoms with E-state index in [4.69, 9.17) is 15.3 Å². The van der Waals surface area contributed by atoms with Gasteiger partial charge in [-0.05, 0) is 26.7 Å². The molecule has 1 aliphatic carbocycles. The van der Waals surface area contributed by atoms with Crippen molar-refractivity contribution in [3.8, 4) is 0 Å². The van der Waals surface area contributed by atoms with Crippen LogP contribution in [0.5, 0.6) is 0 Å². The number of nitrogens with two attached hydrogens (primary N) is 1. The molecule has 1 rings (SSSR count). The fourth-order valence-corrected chi connectivity index (χ4v) is 2.49. The van der Waals surface area contributed by atoms with Gasteiger partial charge in [-0.3, -0.25) is 11.3 Å². The monoisotopic (exact) mass is 230 g/mol. The van der Waals surface area contributed by atoms with Gasteiger partial charge < -0.3 is 9.47 Å². The van der Waals surface area contributed by atoms with E-state index in [9.17, 15) is 0 Å². The maximum Gasteiger partial charge on any atom is 0.0866 e. The zero-order valence-electron chi connectivity index (χ0n) is 10.8. The quantitative estimate of drug-likeness (QED) is 0.537. The van der Waals surface area contributed by atoms with Crippen LogP contribution in [0.25, 0.3) is 0 Å². The molecule has 0 aliphatic heterocycles. The maximum atomic E-state index is 5.74. The average molecular weight is 230 g/mol. The van der Waals surface area contributed by atoms with Crippen LogP contribution in [0.2, 0.25) is 0 Å². The van der Waals surface area contributed by atoms with E-state index in [0.717, 1.165) is 12.8 Å². The smallest absolute Gasteiger partial charge is 0.0866 e. The fraction of sp³-hybridized carbons (Fsp3) is 1.00. The van der Waals surface area contributed by atoms with Gasteiger partial charge in [0.1, 0.15) is 0 Å². The number of hydrogen-bond donors (Lipinski definition) is 2. The van der Waals surface area contributed by atoms with Crippen molar-refractivity contribution in [1.82, 2.24) is 5.43 Å². The minimum atomic E-state index is -0.137. The van der Waals surface area contributed by atoms with Crippen LogP contribution in [-0.4, -0.2) is 31.5 Å². The zero-order valence-corrected chi connectivity index (χ0v) is 10.8. The summed E-state index contributed by atoms with van der Waals surface area (Å²) in [6.45, 7) is 4.68. The Labute approximate surface area is 98.8 Å². The van der Waals surface area contributed by atoms with Gasteiger partial charge in [0.2, 0.25) is 0 Å². The molecule has 1 unspecified atom stereocenters. The summed E-state index contributed by atoms with van der Waals surface area (Å²) >= 11 is 0. The molecule has 1 atom stereocenters. The molecule has 4 heteroatoms. The Hall–Kier alpha value is -0.160. The van der Waals surface area contributed by atoms with Crippen LogP contribution in [-0.2, 0) is 9.47 Å². The second kappa shape index (κ2) is 6.55. The summed E-state index contributed by atoms with van der Waals surface area (Å²) in [6.07, 6.45) is 6.10. The standard InChI is InChI=1S/C12H26N2O2/c1-10(2)16-9-11(14-13)12(15-3)7-5-4-6-8-12/h10-11,14H,4-9,13H2,1-3H3. The number of methoxy groups -OCH3 is 1. The minimum absolute atomic E-state index is 0.0835. The first-order chi connectivity index (χ1) is 7.64. The van der Waals surface area contributed by atoms with Crippen LogP contribution in [0, 0.1) is 0 Å². The summed E-state index contributed by atoms with van der Waals surface area (Å²) in [4.78, 5) is 0. The molecule has 0 aromatic rings. The van der Waals surface area contributed by atoms with Crippen LogP contribution in [0.3, 0.4) is 0 Å². The molecule has 0 spiro atoms. The first-order valence-corrected chi connectivity index (χ1v) is 6.27. The van der Waals surface area contributed by atoms with E-state index in [-0.39, 0.29) is 17.7 Å². The topological polar surface area (TPSA) is 56.5 Å². The van der Waals surface area contributed by atoms with E-state index >= 15 is 0 Å². The van der Waals surface area contributed by atoms with Gasteiger partial charge in [-0.25, -0.2) is 0 Å². The largest absolute Gasteiger partial charge is 0.377 e. The van der Waals surface area contributed by atoms with Crippen molar-refractivity contribution in [3.05, 3.63) is 0 Å². The zero-order chi connectivity index (χ0) is 12.0. The summed E-state index contributed by atoms with van der Waals surface area (Å²) in [7, 11) is 1.78. The first-order valence-electron chi connectivity index (χ1n) is 6.27. The minimum Gasteiger partial charge on any atom is -0.377 e. The summed E-state index contributed by atoms with van der Waals surface area (Å²) in [5.74, 6) is 5.64. The molecule has 0 heterocycles. The van der Waals surface area contributed by atoms with Crippen LogP contribution < -0.4 is 11.3 Å². The van der Waals surface area contributed by atoms with Crippen LogP contribution in [0.1, 0.15) is 46.0 Å². The lowest BCUT2D eigenvalue weighted by Crippen LogP contribution is -2.57. The molecule has 1 saturated carbocycles. The predicted molar refractivity (Wildman–Crippen MR) is 65.0 cm³/mol. The predicted octanol–water partition coefficient (Wildman–Crippen LogP) is 1.59. The highest BCUT2D eigenvalue weighted by molar-refractivity contribution is 4.94. The van der Waals surface area contributed by atoms with Crippen molar-refractivity contribution in [2.45, 2.75) is 63.7 Å². The van der Waals surface area contributed by atoms with Crippen molar-refractivity contribution in [2.24, 2.45) is 5.84 Å². The Balaban J connectivity index is 2.58. The number of ether oxygens (including phenoxy) is 2. The lowest BCUT2D eigenvalue weighted by molar-refractivity contribution is -0.0918. The van der Waals surface area contributed by atoms with Crippen LogP contribution in [0.4, 0.5) is 0 Å². The molecule has 0 amide bonds. The van der Waals surface area contributed by atoms with Gasteiger partial charge in [-0.15, -0.1) is 0 Å². The Morgan fingerprint density at radius 1 is 1.25 bits per heavy atom. The molecule has 0 saturated heterocycles. The SMILES string of the molecule is COC1(C(COC(C)C)NN)CCCCC1. The summed E-state index contributed by atoms with van der Waals surface area (Å²) in [6, 6.07) is 0.0835. The normalized spacial score (nSPS) is 22.3. The maximum absolute atomic E-state index is 5.74. The van der Waals surface area contributed by atoms with Crippen molar-refractivity contribution in [3.63, 3.8) is 0 Å². The van der Waals surface area contributed by atoms with Crippen molar-refractivity contribution >= 4 is 0 Å². The van der Waals surface area contributed by atoms with Crippen molar-refractivity contribution in [1.29, 1.82) is 0 Å². The highest BCUT2D eigenvalue weighted by Gasteiger charge is 2.39. The highest BCUT2D eigenvalue weighted by atomic mass is 16.5. The average Bonchev–Trinajstić information content (AvgIpc) is 2.30. The third-order valence-electron chi connectivity index (χ3n) is 3.54. The Morgan fingerprint density at radius 2 is 1.88 bits per heavy atom. The Kier molecular flexibility index (Phi) is 5.69. The van der Waals surface area contributed by atoms with E-state index in [1.807, 2.05) is 13.8 Å². The van der Waals surface area contributed by atoms with E-state index in [1.54, 1.807) is 7.11 Å². The molecule has 0 aromatic carbocycles. The molecular weight excluding hydrogens is 204 g/mol. The van der Waals surface area contributed by atoms with Crippen LogP contribution in [0.15, 0.2) is 0 Å². The second-order valence-corrected chi connectivity index (χ2v) is 4.93. The molecule has 3 N–H and O–H groups in total. The Morgan fingerprint density at radius 3 is 2.31 bits per heavy atom. The van der Waals surface area contributed by atoms with Gasteiger partial charge in [0.05, 0.1) is 24.4 Å². The molecule has 1 fully saturated rings. The van der Waals surface area contributed by atoms with E-state index < -0.39 is 0 Å². The summed E-state index contributed by atoms with van der Waals surface area (Å²) in [5, 5.41) is 0. The molecule has 96 valence electrons. The second-order valence-electron chi connectivity index (χ2n) is 4.93. The molecule has 0 bridgehead atoms. The number of hydrogen-bond acceptors (Lipinski definition) is 4. The van der Waals surface area contributed by atoms with Gasteiger partial charge in [-0.2, -0.15) is 0 Å². The Bertz CT molecular complexity index is 191. The lowest BCUT2D eigenvalue weighted by Gasteiger charge is -2.42. The van der Waals surface area contributed by atoms with Crippen molar-refractivity contribution in [2.75, 3.05) is 13.7 Å². The number of hydrazine groups is 1. The number of rotatable bonds is 6. The summed E-state index contributed by atoms with van der Waals surface area (Å²) in [5.41, 5.74) is 2.73. The molecule has 16 heavy (non-hydrogen) atoms. The van der Waals surface area contributed by atoms with Gasteiger partial charge in [-0.1, -0.05) is 19.3 Å². The first kappa shape index (κ1) is 13.9. The van der Waals surface area contributed by atoms with Gasteiger partial charge in [0, 0.05) is 7.11 Å². The van der Waals surface area contributed by atoms with E-state index in [1.165, 1.54) is 19.3 Å². The molecule has 0 radical (unpaired) electrons. The van der Waals surface area contributed by atoms with Gasteiger partial charge >= 0.3 is 0 Å². The van der Waals surface area contributed by atoms with E-state index in [2.05, 4.69) is 5.43 Å². The van der Waals surface area contributed by atoms with Crippen molar-refractivity contribution < 1.29 is 9.47 Å². The fourth-order valence-electron chi connectivity index (χ4n) is 2.49. The lowest BCUT2D eigenvalue weighted by atomic mass is 9.79. The molecule has 0 aromatic heterocycles. The molecule has 1 aliphatic rings. The van der Waals surface area contributed by atoms with Gasteiger partial charge in [0.15, 0.2) is 0 Å². The molecular formula is C12H26N2O2. The highest BCUT2D eigenvalue weighted by Crippen LogP contribution is 2.34. The van der Waals surface area contributed by atoms with E-state index in [0.29, 0.717) is 6.61 Å². The van der Waals surface area contributed by atoms with Crippen LogP contribution >= 0.6 is 0 Å². The van der Waals surface area contributed by atoms with Gasteiger partial charge in [0.25, 0.3) is 0 Å². The summed E-state index contributed by atoms with van der Waals surface area (Å²) < 4.78 is 11.4. The number of nitrogens with one attached hydrogen (secondary N) is 1. The molecule has 4 nitrogen and oxygen atoms in total. The third-order valence-corrected chi connectivity index (χ3v) is 3.54. The third kappa shape index (κ3) is 3.42.